The Morgan fingerprint density at radius 3 is 2.38 bits per heavy atom. The van der Waals surface area contributed by atoms with Crippen LogP contribution in [-0.4, -0.2) is 11.1 Å². The first-order valence-electron chi connectivity index (χ1n) is 3.77. The Morgan fingerprint density at radius 1 is 1.38 bits per heavy atom. The summed E-state index contributed by atoms with van der Waals surface area (Å²) in [5, 5.41) is 9.18. The summed E-state index contributed by atoms with van der Waals surface area (Å²) in [5.74, 6) is -0.354. The topological polar surface area (TPSA) is 37.3 Å². The van der Waals surface area contributed by atoms with Gasteiger partial charge in [0, 0.05) is 5.56 Å². The van der Waals surface area contributed by atoms with E-state index in [1.165, 1.54) is 0 Å². The fourth-order valence-corrected chi connectivity index (χ4v) is 0.915. The molecule has 0 fully saturated rings. The van der Waals surface area contributed by atoms with E-state index < -0.39 is 6.04 Å². The molecule has 0 bridgehead atoms. The Bertz CT molecular complexity index is 338. The van der Waals surface area contributed by atoms with Crippen LogP contribution in [0.3, 0.4) is 0 Å². The highest BCUT2D eigenvalue weighted by Gasteiger charge is 2.00. The van der Waals surface area contributed by atoms with Gasteiger partial charge in [0.05, 0.1) is 6.08 Å². The summed E-state index contributed by atoms with van der Waals surface area (Å²) in [6.45, 7) is 1.89. The minimum atomic E-state index is -1.65. The normalized spacial score (nSPS) is 11.4. The van der Waals surface area contributed by atoms with Crippen molar-refractivity contribution in [2.24, 2.45) is 0 Å². The first-order valence-corrected chi connectivity index (χ1v) is 3.77. The number of benzene rings is 1. The van der Waals surface area contributed by atoms with Gasteiger partial charge in [0.15, 0.2) is 0 Å². The molecule has 0 unspecified atom stereocenters. The number of allylic oxidation sites excluding steroid dienone is 1. The van der Waals surface area contributed by atoms with Gasteiger partial charge in [-0.25, -0.2) is 0 Å². The third-order valence-corrected chi connectivity index (χ3v) is 1.60. The van der Waals surface area contributed by atoms with Crippen molar-refractivity contribution >= 4 is 11.8 Å². The van der Waals surface area contributed by atoms with Crippen LogP contribution in [0.2, 0.25) is 0 Å². The fraction of sp³-hybridized carbons (Fsp3) is 0.100. The van der Waals surface area contributed by atoms with Gasteiger partial charge >= 0.3 is 6.04 Å². The van der Waals surface area contributed by atoms with Crippen molar-refractivity contribution in [3.63, 3.8) is 0 Å². The number of aliphatic hydroxyl groups is 1. The zero-order valence-corrected chi connectivity index (χ0v) is 7.12. The summed E-state index contributed by atoms with van der Waals surface area (Å²) in [7, 11) is 0. The molecule has 2 nitrogen and oxygen atoms in total. The smallest absolute Gasteiger partial charge is 0.328 e. The molecule has 1 aromatic rings. The Kier molecular flexibility index (Phi) is 2.80. The molecule has 0 spiro atoms. The number of hydrogen-bond acceptors (Lipinski definition) is 2. The second-order valence-electron chi connectivity index (χ2n) is 2.70. The predicted octanol–water partition coefficient (Wildman–Crippen LogP) is 2.39. The van der Waals surface area contributed by atoms with Crippen LogP contribution >= 0.6 is 0 Å². The molecule has 13 heavy (non-hydrogen) atoms. The zero-order valence-electron chi connectivity index (χ0n) is 7.12. The third kappa shape index (κ3) is 2.71. The van der Waals surface area contributed by atoms with E-state index in [4.69, 9.17) is 0 Å². The van der Waals surface area contributed by atoms with Crippen LogP contribution in [0.15, 0.2) is 30.3 Å². The van der Waals surface area contributed by atoms with Crippen molar-refractivity contribution < 1.29 is 14.3 Å². The lowest BCUT2D eigenvalue weighted by Crippen LogP contribution is -1.87. The average molecular weight is 180 g/mol. The van der Waals surface area contributed by atoms with E-state index in [-0.39, 0.29) is 5.76 Å². The van der Waals surface area contributed by atoms with E-state index >= 15 is 0 Å². The first kappa shape index (κ1) is 9.45. The van der Waals surface area contributed by atoms with Gasteiger partial charge in [-0.3, -0.25) is 4.79 Å². The molecule has 0 radical (unpaired) electrons. The Hall–Kier alpha value is -1.64. The summed E-state index contributed by atoms with van der Waals surface area (Å²) >= 11 is 0. The second kappa shape index (κ2) is 3.85. The summed E-state index contributed by atoms with van der Waals surface area (Å²) < 4.78 is 11.8. The third-order valence-electron chi connectivity index (χ3n) is 1.60. The maximum atomic E-state index is 11.8. The first-order chi connectivity index (χ1) is 6.09. The molecule has 0 atom stereocenters. The Morgan fingerprint density at radius 2 is 1.92 bits per heavy atom. The lowest BCUT2D eigenvalue weighted by molar-refractivity contribution is -0.124. The van der Waals surface area contributed by atoms with Crippen LogP contribution in [0.25, 0.3) is 5.76 Å². The summed E-state index contributed by atoms with van der Waals surface area (Å²) in [6.07, 6.45) is 0.546. The highest BCUT2D eigenvalue weighted by Crippen LogP contribution is 2.11. The van der Waals surface area contributed by atoms with E-state index in [1.807, 2.05) is 6.92 Å². The Labute approximate surface area is 75.3 Å². The van der Waals surface area contributed by atoms with Crippen molar-refractivity contribution in [1.82, 2.24) is 0 Å². The van der Waals surface area contributed by atoms with Crippen LogP contribution in [0, 0.1) is 6.92 Å². The maximum Gasteiger partial charge on any atom is 0.328 e. The average Bonchev–Trinajstić information content (AvgIpc) is 2.04. The molecule has 0 aliphatic carbocycles. The minimum Gasteiger partial charge on any atom is -0.507 e. The van der Waals surface area contributed by atoms with E-state index in [0.717, 1.165) is 5.56 Å². The van der Waals surface area contributed by atoms with E-state index in [2.05, 4.69) is 0 Å². The van der Waals surface area contributed by atoms with Gasteiger partial charge in [0.2, 0.25) is 0 Å². The molecule has 1 rings (SSSR count). The molecule has 0 aliphatic rings. The van der Waals surface area contributed by atoms with Gasteiger partial charge < -0.3 is 5.11 Å². The lowest BCUT2D eigenvalue weighted by atomic mass is 10.1. The van der Waals surface area contributed by atoms with Crippen molar-refractivity contribution in [1.29, 1.82) is 0 Å². The number of carbonyl (C=O) groups excluding carboxylic acids is 1. The molecule has 0 amide bonds. The lowest BCUT2D eigenvalue weighted by Gasteiger charge is -1.98. The van der Waals surface area contributed by atoms with E-state index in [0.29, 0.717) is 11.6 Å². The number of aryl methyl sites for hydroxylation is 1. The predicted molar refractivity (Wildman–Crippen MR) is 47.9 cm³/mol. The van der Waals surface area contributed by atoms with Crippen molar-refractivity contribution in [3.05, 3.63) is 41.5 Å². The summed E-state index contributed by atoms with van der Waals surface area (Å²) in [5.41, 5.74) is 1.46. The molecule has 1 N–H and O–H groups in total. The van der Waals surface area contributed by atoms with Gasteiger partial charge in [-0.2, -0.15) is 4.39 Å². The number of carbonyl (C=O) groups is 1. The zero-order chi connectivity index (χ0) is 9.84. The van der Waals surface area contributed by atoms with Crippen LogP contribution in [0.1, 0.15) is 11.1 Å². The minimum absolute atomic E-state index is 0.354. The second-order valence-corrected chi connectivity index (χ2v) is 2.70. The van der Waals surface area contributed by atoms with Crippen molar-refractivity contribution in [3.8, 4) is 0 Å². The number of aliphatic hydroxyl groups excluding tert-OH is 1. The number of halogens is 1. The van der Waals surface area contributed by atoms with Crippen LogP contribution in [0.5, 0.6) is 0 Å². The van der Waals surface area contributed by atoms with Gasteiger partial charge in [-0.05, 0) is 6.92 Å². The van der Waals surface area contributed by atoms with Gasteiger partial charge in [-0.1, -0.05) is 29.8 Å². The van der Waals surface area contributed by atoms with E-state index in [1.54, 1.807) is 24.3 Å². The monoisotopic (exact) mass is 180 g/mol. The SMILES string of the molecule is Cc1ccc(/C(O)=C/C(=O)F)cc1. The molecule has 0 aromatic heterocycles. The molecule has 68 valence electrons. The standard InChI is InChI=1S/C10H9FO2/c1-7-2-4-8(5-3-7)9(12)6-10(11)13/h2-6,12H,1H3/b9-6-. The van der Waals surface area contributed by atoms with Gasteiger partial charge in [0.1, 0.15) is 5.76 Å². The number of rotatable bonds is 2. The summed E-state index contributed by atoms with van der Waals surface area (Å²) in [4.78, 5) is 9.99. The molecular weight excluding hydrogens is 171 g/mol. The fourth-order valence-electron chi connectivity index (χ4n) is 0.915. The van der Waals surface area contributed by atoms with Gasteiger partial charge in [-0.15, -0.1) is 0 Å². The maximum absolute atomic E-state index is 11.8. The van der Waals surface area contributed by atoms with E-state index in [9.17, 15) is 14.3 Å². The molecule has 0 heterocycles. The number of hydrogen-bond donors (Lipinski definition) is 1. The van der Waals surface area contributed by atoms with Gasteiger partial charge in [0.25, 0.3) is 0 Å². The van der Waals surface area contributed by atoms with Crippen LogP contribution < -0.4 is 0 Å². The molecular formula is C10H9FO2. The van der Waals surface area contributed by atoms with Crippen molar-refractivity contribution in [2.45, 2.75) is 6.92 Å². The van der Waals surface area contributed by atoms with Crippen LogP contribution in [-0.2, 0) is 4.79 Å². The molecule has 3 heteroatoms. The summed E-state index contributed by atoms with van der Waals surface area (Å²) in [6, 6.07) is 5.11. The highest BCUT2D eigenvalue weighted by molar-refractivity contribution is 5.88. The quantitative estimate of drug-likeness (QED) is 0.431. The molecule has 1 aromatic carbocycles. The van der Waals surface area contributed by atoms with Crippen LogP contribution in [0.4, 0.5) is 4.39 Å². The largest absolute Gasteiger partial charge is 0.507 e. The molecule has 0 saturated carbocycles. The Balaban J connectivity index is 2.96. The highest BCUT2D eigenvalue weighted by atomic mass is 19.1. The van der Waals surface area contributed by atoms with Crippen molar-refractivity contribution in [2.75, 3.05) is 0 Å². The molecule has 0 aliphatic heterocycles. The molecule has 0 saturated heterocycles.